The highest BCUT2D eigenvalue weighted by Crippen LogP contribution is 2.40. The molecule has 1 saturated heterocycles. The third-order valence-corrected chi connectivity index (χ3v) is 10.9. The van der Waals surface area contributed by atoms with Gasteiger partial charge in [-0.25, -0.2) is 9.78 Å². The summed E-state index contributed by atoms with van der Waals surface area (Å²) < 4.78 is 1.81. The number of anilines is 2. The predicted molar refractivity (Wildman–Crippen MR) is 214 cm³/mol. The maximum Gasteiger partial charge on any atom is 0.315 e. The van der Waals surface area contributed by atoms with E-state index >= 15 is 0 Å². The van der Waals surface area contributed by atoms with Gasteiger partial charge in [-0.3, -0.25) is 5.41 Å². The quantitative estimate of drug-likeness (QED) is 0.0664. The number of urea groups is 1. The zero-order valence-corrected chi connectivity index (χ0v) is 31.5. The predicted octanol–water partition coefficient (Wildman–Crippen LogP) is 2.89. The van der Waals surface area contributed by atoms with Gasteiger partial charge in [0.15, 0.2) is 22.8 Å². The number of nitrogen functional groups attached to an aromatic ring is 1. The van der Waals surface area contributed by atoms with E-state index in [0.29, 0.717) is 79.8 Å². The molecule has 0 unspecified atom stereocenters. The number of aromatic nitrogens is 8. The third-order valence-electron chi connectivity index (χ3n) is 10.9. The van der Waals surface area contributed by atoms with Gasteiger partial charge in [-0.2, -0.15) is 14.8 Å². The number of fused-ring (bicyclic) bond motifs is 1. The largest absolute Gasteiger partial charge is 0.388 e. The molecule has 4 heterocycles. The van der Waals surface area contributed by atoms with Crippen LogP contribution in [0, 0.1) is 5.41 Å². The lowest BCUT2D eigenvalue weighted by Gasteiger charge is -2.22. The van der Waals surface area contributed by atoms with Gasteiger partial charge in [-0.15, -0.1) is 10.2 Å². The van der Waals surface area contributed by atoms with Crippen molar-refractivity contribution in [2.24, 2.45) is 5.73 Å². The fourth-order valence-corrected chi connectivity index (χ4v) is 7.72. The van der Waals surface area contributed by atoms with Crippen molar-refractivity contribution in [2.75, 3.05) is 29.9 Å². The first-order valence-corrected chi connectivity index (χ1v) is 19.2. The summed E-state index contributed by atoms with van der Waals surface area (Å²) in [5, 5.41) is 52.4. The van der Waals surface area contributed by atoms with Crippen LogP contribution in [0.25, 0.3) is 11.2 Å². The molecule has 0 spiro atoms. The van der Waals surface area contributed by atoms with Gasteiger partial charge in [0, 0.05) is 50.1 Å². The van der Waals surface area contributed by atoms with Gasteiger partial charge >= 0.3 is 6.03 Å². The number of hydrogen-bond donors (Lipinski definition) is 7. The van der Waals surface area contributed by atoms with E-state index in [-0.39, 0.29) is 23.8 Å². The normalized spacial score (nSPS) is 20.6. The summed E-state index contributed by atoms with van der Waals surface area (Å²) >= 11 is 0. The molecule has 3 aromatic heterocycles. The van der Waals surface area contributed by atoms with Crippen molar-refractivity contribution in [3.63, 3.8) is 0 Å². The van der Waals surface area contributed by atoms with E-state index in [1.54, 1.807) is 18.5 Å². The van der Waals surface area contributed by atoms with Gasteiger partial charge in [0.05, 0.1) is 12.4 Å². The summed E-state index contributed by atoms with van der Waals surface area (Å²) in [6, 6.07) is 26.1. The Morgan fingerprint density at radius 1 is 0.965 bits per heavy atom. The first-order valence-electron chi connectivity index (χ1n) is 19.2. The molecule has 2 aliphatic rings. The number of amidine groups is 1. The van der Waals surface area contributed by atoms with Crippen LogP contribution in [0.4, 0.5) is 16.6 Å². The number of nitrogens with zero attached hydrogens (tertiary/aromatic N) is 9. The molecule has 1 saturated carbocycles. The molecule has 294 valence electrons. The van der Waals surface area contributed by atoms with Crippen molar-refractivity contribution in [2.45, 2.75) is 69.0 Å². The smallest absolute Gasteiger partial charge is 0.315 e. The SMILES string of the molecule is CCc1nnn([C@H]2C[C@@H](n3cnc4c(NCC(c5ccccc5)c5ccccc5)nc(N5CC[C@@H](NC(=O)NCc6ccc(C(=N)N)cc6)C5)nc43)[C@H](O)[C@@H]2O)n1. The number of nitrogens with two attached hydrogens (primary N) is 1. The lowest BCUT2D eigenvalue weighted by molar-refractivity contribution is 0.00473. The lowest BCUT2D eigenvalue weighted by atomic mass is 9.91. The highest BCUT2D eigenvalue weighted by molar-refractivity contribution is 5.94. The Balaban J connectivity index is 1.05. The monoisotopic (exact) mass is 770 g/mol. The molecule has 17 nitrogen and oxygen atoms in total. The maximum atomic E-state index is 13.0. The minimum atomic E-state index is -1.15. The van der Waals surface area contributed by atoms with Crippen molar-refractivity contribution in [3.05, 3.63) is 119 Å². The topological polar surface area (TPSA) is 234 Å². The molecule has 17 heteroatoms. The third kappa shape index (κ3) is 7.97. The number of aliphatic hydroxyl groups excluding tert-OH is 2. The minimum absolute atomic E-state index is 0.00431. The van der Waals surface area contributed by atoms with Gasteiger partial charge in [0.2, 0.25) is 5.95 Å². The maximum absolute atomic E-state index is 13.0. The number of nitrogens with one attached hydrogen (secondary N) is 4. The standard InChI is InChI=1S/C40H46N14O3/c1-2-32-49-51-54(50-32)31-19-30(34(55)35(31)56)53-23-45-33-37(43-21-29(25-9-5-3-6-10-25)26-11-7-4-8-12-26)47-39(48-38(33)53)52-18-17-28(22-52)46-40(57)44-20-24-13-15-27(16-14-24)36(41)42/h3-16,23,28-31,34-35,55-56H,2,17-22H2,1H3,(H3,41,42)(H,43,47,48)(H2,44,46,57)/t28-,30-,31+,34+,35-/m1/s1. The zero-order chi connectivity index (χ0) is 39.5. The van der Waals surface area contributed by atoms with Crippen molar-refractivity contribution in [1.29, 1.82) is 5.41 Å². The molecular formula is C40H46N14O3. The molecular weight excluding hydrogens is 725 g/mol. The fraction of sp³-hybridized carbons (Fsp3) is 0.350. The number of aliphatic hydroxyl groups is 2. The Hall–Kier alpha value is -6.46. The first kappa shape index (κ1) is 37.5. The molecule has 8 rings (SSSR count). The number of amides is 2. The Kier molecular flexibility index (Phi) is 10.7. The summed E-state index contributed by atoms with van der Waals surface area (Å²) in [6.45, 7) is 3.83. The van der Waals surface area contributed by atoms with Gasteiger partial charge in [-0.1, -0.05) is 91.9 Å². The van der Waals surface area contributed by atoms with Crippen LogP contribution in [0.5, 0.6) is 0 Å². The summed E-state index contributed by atoms with van der Waals surface area (Å²) in [4.78, 5) is 31.2. The molecule has 6 aromatic rings. The Labute approximate surface area is 328 Å². The number of rotatable bonds is 13. The molecule has 0 bridgehead atoms. The number of carbonyl (C=O) groups is 1. The van der Waals surface area contributed by atoms with Crippen molar-refractivity contribution in [1.82, 2.24) is 50.4 Å². The second kappa shape index (κ2) is 16.3. The molecule has 8 N–H and O–H groups in total. The van der Waals surface area contributed by atoms with Crippen LogP contribution in [0.3, 0.4) is 0 Å². The molecule has 57 heavy (non-hydrogen) atoms. The van der Waals surface area contributed by atoms with Crippen LogP contribution in [-0.2, 0) is 13.0 Å². The highest BCUT2D eigenvalue weighted by Gasteiger charge is 2.45. The van der Waals surface area contributed by atoms with Crippen molar-refractivity contribution in [3.8, 4) is 0 Å². The summed E-state index contributed by atoms with van der Waals surface area (Å²) in [5.74, 6) is 1.54. The second-order valence-corrected chi connectivity index (χ2v) is 14.6. The minimum Gasteiger partial charge on any atom is -0.388 e. The lowest BCUT2D eigenvalue weighted by Crippen LogP contribution is -2.43. The van der Waals surface area contributed by atoms with Gasteiger partial charge in [0.25, 0.3) is 0 Å². The van der Waals surface area contributed by atoms with Crippen LogP contribution in [0.15, 0.2) is 91.3 Å². The number of benzene rings is 3. The molecule has 1 aliphatic carbocycles. The fourth-order valence-electron chi connectivity index (χ4n) is 7.72. The van der Waals surface area contributed by atoms with Crippen LogP contribution in [0.1, 0.15) is 65.8 Å². The Morgan fingerprint density at radius 2 is 1.67 bits per heavy atom. The van der Waals surface area contributed by atoms with E-state index in [9.17, 15) is 15.0 Å². The molecule has 5 atom stereocenters. The summed E-state index contributed by atoms with van der Waals surface area (Å²) in [6.07, 6.45) is 0.950. The van der Waals surface area contributed by atoms with Crippen LogP contribution < -0.4 is 26.6 Å². The number of tetrazole rings is 1. The van der Waals surface area contributed by atoms with E-state index in [2.05, 4.69) is 55.6 Å². The van der Waals surface area contributed by atoms with Crippen LogP contribution >= 0.6 is 0 Å². The summed E-state index contributed by atoms with van der Waals surface area (Å²) in [7, 11) is 0. The number of imidazole rings is 1. The number of aryl methyl sites for hydroxylation is 1. The average Bonchev–Trinajstić information content (AvgIpc) is 4.05. The number of carbonyl (C=O) groups excluding carboxylic acids is 1. The van der Waals surface area contributed by atoms with Crippen LogP contribution in [0.2, 0.25) is 0 Å². The first-order chi connectivity index (χ1) is 27.7. The van der Waals surface area contributed by atoms with Crippen molar-refractivity contribution >= 4 is 34.8 Å². The van der Waals surface area contributed by atoms with E-state index in [4.69, 9.17) is 26.1 Å². The van der Waals surface area contributed by atoms with E-state index in [1.807, 2.05) is 64.9 Å². The van der Waals surface area contributed by atoms with Crippen LogP contribution in [-0.4, -0.2) is 99.7 Å². The second-order valence-electron chi connectivity index (χ2n) is 14.6. The van der Waals surface area contributed by atoms with Gasteiger partial charge < -0.3 is 41.4 Å². The summed E-state index contributed by atoms with van der Waals surface area (Å²) in [5.41, 5.74) is 10.4. The van der Waals surface area contributed by atoms with Gasteiger partial charge in [0.1, 0.15) is 24.1 Å². The average molecular weight is 771 g/mol. The van der Waals surface area contributed by atoms with E-state index in [1.165, 1.54) is 4.80 Å². The zero-order valence-electron chi connectivity index (χ0n) is 31.5. The molecule has 2 fully saturated rings. The highest BCUT2D eigenvalue weighted by atomic mass is 16.3. The van der Waals surface area contributed by atoms with Crippen molar-refractivity contribution < 1.29 is 15.0 Å². The molecule has 0 radical (unpaired) electrons. The van der Waals surface area contributed by atoms with E-state index < -0.39 is 24.3 Å². The Morgan fingerprint density at radius 3 is 2.33 bits per heavy atom. The molecule has 3 aromatic carbocycles. The van der Waals surface area contributed by atoms with E-state index in [0.717, 1.165) is 16.7 Å². The molecule has 2 amide bonds. The van der Waals surface area contributed by atoms with Gasteiger partial charge in [-0.05, 0) is 34.7 Å². The Bertz CT molecular complexity index is 2280. The number of hydrogen-bond acceptors (Lipinski definition) is 12. The molecule has 1 aliphatic heterocycles.